The standard InChI is InChI=1S/C15H20N4O3.C2H4O2/c1-22-11-2-3-13-12(6-11)10(8-18-13)4-5-17-15(21)9-19-14(20)7-16;1-2(3)4/h2-3,6,8,18H,4-5,7,9,16H2,1H3,(H,17,21)(H,19,20);1H3,(H,3,4)/p-1. The van der Waals surface area contributed by atoms with Crippen LogP contribution in [0.3, 0.4) is 0 Å². The summed E-state index contributed by atoms with van der Waals surface area (Å²) in [5, 5.41) is 15.1. The smallest absolute Gasteiger partial charge is 0.239 e. The Morgan fingerprint density at radius 1 is 1.23 bits per heavy atom. The van der Waals surface area contributed by atoms with Gasteiger partial charge in [-0.1, -0.05) is 0 Å². The highest BCUT2D eigenvalue weighted by molar-refractivity contribution is 5.86. The topological polar surface area (TPSA) is 149 Å². The number of aromatic amines is 1. The Kier molecular flexibility index (Phi) is 8.65. The minimum Gasteiger partial charge on any atom is -0.550 e. The number of rotatable bonds is 7. The number of nitrogens with two attached hydrogens (primary N) is 1. The molecule has 0 aliphatic carbocycles. The molecule has 2 aromatic rings. The SMILES string of the molecule is CC(=O)[O-].COc1ccc2[nH]cc(CCNC(=O)CNC(=O)CN)c2c1. The normalized spacial score (nSPS) is 9.81. The summed E-state index contributed by atoms with van der Waals surface area (Å²) in [6, 6.07) is 5.81. The summed E-state index contributed by atoms with van der Waals surface area (Å²) in [5.41, 5.74) is 7.26. The van der Waals surface area contributed by atoms with Crippen LogP contribution in [0.1, 0.15) is 12.5 Å². The molecule has 0 fully saturated rings. The maximum Gasteiger partial charge on any atom is 0.239 e. The second-order valence-corrected chi connectivity index (χ2v) is 5.30. The van der Waals surface area contributed by atoms with Gasteiger partial charge >= 0.3 is 0 Å². The number of fused-ring (bicyclic) bond motifs is 1. The maximum absolute atomic E-state index is 11.6. The molecule has 9 heteroatoms. The van der Waals surface area contributed by atoms with Crippen LogP contribution in [0, 0.1) is 0 Å². The van der Waals surface area contributed by atoms with Crippen LogP contribution in [0.15, 0.2) is 24.4 Å². The molecule has 0 unspecified atom stereocenters. The van der Waals surface area contributed by atoms with Crippen molar-refractivity contribution in [3.05, 3.63) is 30.0 Å². The second-order valence-electron chi connectivity index (χ2n) is 5.30. The van der Waals surface area contributed by atoms with Crippen molar-refractivity contribution < 1.29 is 24.2 Å². The van der Waals surface area contributed by atoms with E-state index in [1.807, 2.05) is 24.4 Å². The van der Waals surface area contributed by atoms with Crippen LogP contribution < -0.4 is 26.2 Å². The molecule has 2 rings (SSSR count). The highest BCUT2D eigenvalue weighted by Crippen LogP contribution is 2.23. The molecule has 142 valence electrons. The highest BCUT2D eigenvalue weighted by atomic mass is 16.5. The fourth-order valence-corrected chi connectivity index (χ4v) is 2.14. The number of aromatic nitrogens is 1. The van der Waals surface area contributed by atoms with Crippen molar-refractivity contribution in [3.8, 4) is 5.75 Å². The van der Waals surface area contributed by atoms with E-state index in [-0.39, 0.29) is 24.9 Å². The molecule has 9 nitrogen and oxygen atoms in total. The van der Waals surface area contributed by atoms with Crippen molar-refractivity contribution in [2.75, 3.05) is 26.7 Å². The van der Waals surface area contributed by atoms with E-state index in [0.717, 1.165) is 29.1 Å². The van der Waals surface area contributed by atoms with Gasteiger partial charge in [-0.15, -0.1) is 0 Å². The predicted octanol–water partition coefficient (Wildman–Crippen LogP) is -1.33. The van der Waals surface area contributed by atoms with Gasteiger partial charge in [0.2, 0.25) is 11.8 Å². The molecule has 1 heterocycles. The van der Waals surface area contributed by atoms with Crippen molar-refractivity contribution in [1.29, 1.82) is 0 Å². The molecule has 0 bridgehead atoms. The van der Waals surface area contributed by atoms with Crippen molar-refractivity contribution in [2.24, 2.45) is 5.73 Å². The third kappa shape index (κ3) is 7.22. The van der Waals surface area contributed by atoms with Crippen LogP contribution in [0.5, 0.6) is 5.75 Å². The summed E-state index contributed by atoms with van der Waals surface area (Å²) in [6.45, 7) is 1.28. The first-order valence-corrected chi connectivity index (χ1v) is 7.92. The zero-order valence-electron chi connectivity index (χ0n) is 14.8. The first kappa shape index (κ1) is 21.0. The molecule has 1 aromatic heterocycles. The maximum atomic E-state index is 11.6. The number of methoxy groups -OCH3 is 1. The van der Waals surface area contributed by atoms with Crippen molar-refractivity contribution >= 4 is 28.7 Å². The number of nitrogens with one attached hydrogen (secondary N) is 3. The first-order valence-electron chi connectivity index (χ1n) is 7.92. The van der Waals surface area contributed by atoms with Crippen molar-refractivity contribution in [2.45, 2.75) is 13.3 Å². The number of hydrogen-bond acceptors (Lipinski definition) is 6. The third-order valence-electron chi connectivity index (χ3n) is 3.32. The lowest BCUT2D eigenvalue weighted by atomic mass is 10.1. The zero-order chi connectivity index (χ0) is 19.5. The third-order valence-corrected chi connectivity index (χ3v) is 3.32. The number of hydrogen-bond donors (Lipinski definition) is 4. The van der Waals surface area contributed by atoms with Gasteiger partial charge in [-0.25, -0.2) is 0 Å². The average molecular weight is 363 g/mol. The highest BCUT2D eigenvalue weighted by Gasteiger charge is 2.07. The summed E-state index contributed by atoms with van der Waals surface area (Å²) in [5.74, 6) is -0.875. The van der Waals surface area contributed by atoms with Gasteiger partial charge in [-0.05, 0) is 37.1 Å². The molecule has 5 N–H and O–H groups in total. The minimum absolute atomic E-state index is 0.0578. The van der Waals surface area contributed by atoms with Crippen molar-refractivity contribution in [1.82, 2.24) is 15.6 Å². The summed E-state index contributed by atoms with van der Waals surface area (Å²) in [4.78, 5) is 34.6. The van der Waals surface area contributed by atoms with Crippen LogP contribution in [-0.2, 0) is 20.8 Å². The monoisotopic (exact) mass is 363 g/mol. The van der Waals surface area contributed by atoms with E-state index in [9.17, 15) is 9.59 Å². The predicted molar refractivity (Wildman–Crippen MR) is 94.3 cm³/mol. The van der Waals surface area contributed by atoms with Crippen LogP contribution in [0.2, 0.25) is 0 Å². The Morgan fingerprint density at radius 3 is 2.54 bits per heavy atom. The number of amides is 2. The van der Waals surface area contributed by atoms with Gasteiger partial charge in [0, 0.05) is 29.6 Å². The fraction of sp³-hybridized carbons (Fsp3) is 0.353. The van der Waals surface area contributed by atoms with E-state index in [2.05, 4.69) is 15.6 Å². The minimum atomic E-state index is -1.08. The quantitative estimate of drug-likeness (QED) is 0.478. The Bertz CT molecular complexity index is 753. The van der Waals surface area contributed by atoms with E-state index in [0.29, 0.717) is 13.0 Å². The van der Waals surface area contributed by atoms with Crippen LogP contribution in [0.25, 0.3) is 10.9 Å². The van der Waals surface area contributed by atoms with Gasteiger partial charge in [0.1, 0.15) is 5.75 Å². The number of carboxylic acids is 1. The van der Waals surface area contributed by atoms with Crippen LogP contribution in [0.4, 0.5) is 0 Å². The molecular formula is C17H23N4O5-. The Labute approximate surface area is 150 Å². The molecule has 2 amide bonds. The van der Waals surface area contributed by atoms with Crippen LogP contribution >= 0.6 is 0 Å². The molecule has 0 aliphatic heterocycles. The lowest BCUT2D eigenvalue weighted by Gasteiger charge is -2.06. The molecule has 0 aliphatic rings. The van der Waals surface area contributed by atoms with Gasteiger partial charge in [0.25, 0.3) is 0 Å². The van der Waals surface area contributed by atoms with Crippen LogP contribution in [-0.4, -0.2) is 49.5 Å². The molecule has 0 spiro atoms. The van der Waals surface area contributed by atoms with Gasteiger partial charge in [0.15, 0.2) is 0 Å². The Morgan fingerprint density at radius 2 is 1.92 bits per heavy atom. The molecule has 0 saturated heterocycles. The molecule has 0 saturated carbocycles. The zero-order valence-corrected chi connectivity index (χ0v) is 14.8. The molecular weight excluding hydrogens is 340 g/mol. The summed E-state index contributed by atoms with van der Waals surface area (Å²) in [6.07, 6.45) is 2.61. The number of ether oxygens (including phenoxy) is 1. The van der Waals surface area contributed by atoms with Gasteiger partial charge in [-0.3, -0.25) is 9.59 Å². The Hall–Kier alpha value is -3.07. The average Bonchev–Trinajstić information content (AvgIpc) is 3.01. The molecule has 0 radical (unpaired) electrons. The van der Waals surface area contributed by atoms with E-state index >= 15 is 0 Å². The Balaban J connectivity index is 0.000000765. The number of carbonyl (C=O) groups is 3. The number of H-pyrrole nitrogens is 1. The molecule has 0 atom stereocenters. The van der Waals surface area contributed by atoms with Crippen molar-refractivity contribution in [3.63, 3.8) is 0 Å². The largest absolute Gasteiger partial charge is 0.550 e. The summed E-state index contributed by atoms with van der Waals surface area (Å²) < 4.78 is 5.22. The number of benzene rings is 1. The lowest BCUT2D eigenvalue weighted by Crippen LogP contribution is -2.40. The van der Waals surface area contributed by atoms with E-state index in [1.54, 1.807) is 7.11 Å². The molecule has 1 aromatic carbocycles. The number of carbonyl (C=O) groups excluding carboxylic acids is 3. The summed E-state index contributed by atoms with van der Waals surface area (Å²) >= 11 is 0. The molecule has 26 heavy (non-hydrogen) atoms. The van der Waals surface area contributed by atoms with Gasteiger partial charge in [0.05, 0.1) is 20.2 Å². The van der Waals surface area contributed by atoms with E-state index < -0.39 is 5.97 Å². The fourth-order valence-electron chi connectivity index (χ4n) is 2.14. The van der Waals surface area contributed by atoms with Gasteiger partial charge < -0.3 is 36.0 Å². The number of aliphatic carboxylic acids is 1. The summed E-state index contributed by atoms with van der Waals surface area (Å²) in [7, 11) is 1.63. The number of carboxylic acid groups (broad SMARTS) is 1. The second kappa shape index (κ2) is 10.7. The first-order chi connectivity index (χ1) is 12.4. The lowest BCUT2D eigenvalue weighted by molar-refractivity contribution is -0.302. The van der Waals surface area contributed by atoms with Gasteiger partial charge in [-0.2, -0.15) is 0 Å². The van der Waals surface area contributed by atoms with E-state index in [1.165, 1.54) is 0 Å². The van der Waals surface area contributed by atoms with E-state index in [4.69, 9.17) is 20.4 Å².